The van der Waals surface area contributed by atoms with Gasteiger partial charge in [-0.1, -0.05) is 0 Å². The van der Waals surface area contributed by atoms with E-state index in [1.54, 1.807) is 0 Å². The maximum absolute atomic E-state index is 9.00. The molecule has 0 fully saturated rings. The van der Waals surface area contributed by atoms with Crippen molar-refractivity contribution in [2.24, 2.45) is 11.5 Å². The van der Waals surface area contributed by atoms with Crippen molar-refractivity contribution in [1.82, 2.24) is 0 Å². The van der Waals surface area contributed by atoms with E-state index in [9.17, 15) is 0 Å². The minimum Gasteiger partial charge on any atom is -0.870 e. The average molecular weight is 118 g/mol. The van der Waals surface area contributed by atoms with Crippen LogP contribution in [-0.2, 0) is 0 Å². The van der Waals surface area contributed by atoms with Crippen LogP contribution in [0.15, 0.2) is 0 Å². The predicted molar refractivity (Wildman–Crippen MR) is 19.3 cm³/mol. The molecule has 7 N–H and O–H groups in total. The zero-order valence-electron chi connectivity index (χ0n) is 4.01. The molecule has 0 aromatic heterocycles. The molecule has 40 valence electrons. The van der Waals surface area contributed by atoms with Crippen molar-refractivity contribution in [2.45, 2.75) is 0 Å². The fourth-order valence-corrected chi connectivity index (χ4v) is 0. The van der Waals surface area contributed by atoms with Crippen molar-refractivity contribution in [3.8, 4) is 0 Å². The number of nitrogens with two attached hydrogens (primary N) is 2. The minimum atomic E-state index is -0.833. The zero-order valence-corrected chi connectivity index (χ0v) is 6.01. The van der Waals surface area contributed by atoms with Crippen molar-refractivity contribution in [2.75, 3.05) is 0 Å². The van der Waals surface area contributed by atoms with E-state index in [0.717, 1.165) is 0 Å². The van der Waals surface area contributed by atoms with Gasteiger partial charge in [-0.05, 0) is 0 Å². The van der Waals surface area contributed by atoms with E-state index in [4.69, 9.17) is 4.79 Å². The Morgan fingerprint density at radius 2 is 1.29 bits per heavy atom. The molecule has 0 aromatic rings. The van der Waals surface area contributed by atoms with E-state index in [2.05, 4.69) is 11.5 Å². The second kappa shape index (κ2) is 16.4. The summed E-state index contributed by atoms with van der Waals surface area (Å²) in [5.74, 6) is 0. The third-order valence-electron chi connectivity index (χ3n) is 0. The molecular weight excluding hydrogens is 111 g/mol. The molecule has 0 unspecified atom stereocenters. The Balaban J connectivity index is -0.0000000150. The normalized spacial score (nSPS) is 3.43. The maximum Gasteiger partial charge on any atom is 1.00 e. The molecule has 2 amide bonds. The van der Waals surface area contributed by atoms with Crippen LogP contribution in [0.1, 0.15) is 0 Å². The molecule has 0 rings (SSSR count). The van der Waals surface area contributed by atoms with Gasteiger partial charge in [-0.15, -0.1) is 0 Å². The fraction of sp³-hybridized carbons (Fsp3) is 0. The van der Waals surface area contributed by atoms with Gasteiger partial charge in [0.2, 0.25) is 0 Å². The van der Waals surface area contributed by atoms with Crippen LogP contribution >= 0.6 is 0 Å². The summed E-state index contributed by atoms with van der Waals surface area (Å²) in [5, 5.41) is 0. The topological polar surface area (TPSA) is 131 Å². The van der Waals surface area contributed by atoms with Crippen molar-refractivity contribution >= 4 is 6.03 Å². The SMILES string of the molecule is NC(N)=O.O.[Na+].[OH-]. The molecule has 0 spiro atoms. The second-order valence-corrected chi connectivity index (χ2v) is 0.402. The Hall–Kier alpha value is 0.190. The largest absolute Gasteiger partial charge is 1.00 e. The second-order valence-electron chi connectivity index (χ2n) is 0.402. The van der Waals surface area contributed by atoms with Gasteiger partial charge in [0.25, 0.3) is 0 Å². The summed E-state index contributed by atoms with van der Waals surface area (Å²) < 4.78 is 0. The van der Waals surface area contributed by atoms with E-state index < -0.39 is 6.03 Å². The number of hydrogen-bond donors (Lipinski definition) is 2. The first-order valence-electron chi connectivity index (χ1n) is 0.781. The minimum absolute atomic E-state index is 0. The van der Waals surface area contributed by atoms with Crippen LogP contribution in [0.2, 0.25) is 0 Å². The molecule has 0 bridgehead atoms. The van der Waals surface area contributed by atoms with E-state index in [1.165, 1.54) is 0 Å². The Kier molecular flexibility index (Phi) is 63.4. The molecule has 0 saturated carbocycles. The first-order chi connectivity index (χ1) is 1.73. The summed E-state index contributed by atoms with van der Waals surface area (Å²) in [4.78, 5) is 9.00. The van der Waals surface area contributed by atoms with Gasteiger partial charge >= 0.3 is 35.6 Å². The van der Waals surface area contributed by atoms with Gasteiger partial charge in [0.05, 0.1) is 0 Å². The molecule has 7 heavy (non-hydrogen) atoms. The van der Waals surface area contributed by atoms with Crippen LogP contribution < -0.4 is 41.0 Å². The Labute approximate surface area is 63.0 Å². The molecule has 6 heteroatoms. The van der Waals surface area contributed by atoms with Crippen LogP contribution in [0.3, 0.4) is 0 Å². The number of carbonyl (C=O) groups excluding carboxylic acids is 1. The van der Waals surface area contributed by atoms with Gasteiger partial charge in [-0.25, -0.2) is 4.79 Å². The van der Waals surface area contributed by atoms with Crippen molar-refractivity contribution in [3.63, 3.8) is 0 Å². The summed E-state index contributed by atoms with van der Waals surface area (Å²) in [7, 11) is 0. The molecule has 0 aliphatic heterocycles. The Morgan fingerprint density at radius 3 is 1.29 bits per heavy atom. The Morgan fingerprint density at radius 1 is 1.29 bits per heavy atom. The summed E-state index contributed by atoms with van der Waals surface area (Å²) in [6.45, 7) is 0. The summed E-state index contributed by atoms with van der Waals surface area (Å²) in [6.07, 6.45) is 0. The van der Waals surface area contributed by atoms with Crippen LogP contribution in [-0.4, -0.2) is 17.0 Å². The summed E-state index contributed by atoms with van der Waals surface area (Å²) >= 11 is 0. The van der Waals surface area contributed by atoms with Crippen LogP contribution in [0, 0.1) is 0 Å². The number of rotatable bonds is 0. The van der Waals surface area contributed by atoms with E-state index >= 15 is 0 Å². The first kappa shape index (κ1) is 27.1. The monoisotopic (exact) mass is 118 g/mol. The number of amides is 2. The molecule has 0 saturated heterocycles. The Bertz CT molecular complexity index is 35.9. The van der Waals surface area contributed by atoms with Crippen LogP contribution in [0.5, 0.6) is 0 Å². The van der Waals surface area contributed by atoms with E-state index in [1.807, 2.05) is 0 Å². The fourth-order valence-electron chi connectivity index (χ4n) is 0. The van der Waals surface area contributed by atoms with Crippen LogP contribution in [0.25, 0.3) is 0 Å². The molecule has 5 nitrogen and oxygen atoms in total. The number of urea groups is 1. The molecule has 0 aromatic carbocycles. The molecular formula is CH7N2NaO3. The third-order valence-corrected chi connectivity index (χ3v) is 0. The standard InChI is InChI=1S/CH4N2O.Na.2H2O/c2-1(3)4;;;/h(H4,2,3,4);;2*1H2/q;+1;;/p-1. The zero-order chi connectivity index (χ0) is 3.58. The van der Waals surface area contributed by atoms with Gasteiger partial charge in [-0.3, -0.25) is 0 Å². The third kappa shape index (κ3) is 3010. The van der Waals surface area contributed by atoms with Crippen molar-refractivity contribution in [1.29, 1.82) is 0 Å². The first-order valence-corrected chi connectivity index (χ1v) is 0.781. The molecule has 0 aliphatic rings. The summed E-state index contributed by atoms with van der Waals surface area (Å²) in [5.41, 5.74) is 8.50. The molecule has 0 radical (unpaired) electrons. The van der Waals surface area contributed by atoms with Gasteiger partial charge in [0.15, 0.2) is 0 Å². The number of hydrogen-bond acceptors (Lipinski definition) is 2. The average Bonchev–Trinajstić information content (AvgIpc) is 0.811. The number of primary amides is 2. The van der Waals surface area contributed by atoms with Crippen molar-refractivity contribution in [3.05, 3.63) is 0 Å². The van der Waals surface area contributed by atoms with Crippen LogP contribution in [0.4, 0.5) is 4.79 Å². The van der Waals surface area contributed by atoms with E-state index in [-0.39, 0.29) is 40.5 Å². The quantitative estimate of drug-likeness (QED) is 0.308. The maximum atomic E-state index is 9.00. The predicted octanol–water partition coefficient (Wildman–Crippen LogP) is -4.97. The summed E-state index contributed by atoms with van der Waals surface area (Å²) in [6, 6.07) is -0.833. The van der Waals surface area contributed by atoms with E-state index in [0.29, 0.717) is 0 Å². The van der Waals surface area contributed by atoms with Gasteiger partial charge < -0.3 is 22.4 Å². The van der Waals surface area contributed by atoms with Gasteiger partial charge in [0.1, 0.15) is 0 Å². The molecule has 0 aliphatic carbocycles. The van der Waals surface area contributed by atoms with Crippen molar-refractivity contribution < 1.29 is 45.3 Å². The smallest absolute Gasteiger partial charge is 0.870 e. The number of carbonyl (C=O) groups is 1. The molecule has 0 atom stereocenters. The van der Waals surface area contributed by atoms with Gasteiger partial charge in [0, 0.05) is 0 Å². The van der Waals surface area contributed by atoms with Gasteiger partial charge in [-0.2, -0.15) is 0 Å². The molecule has 0 heterocycles.